The summed E-state index contributed by atoms with van der Waals surface area (Å²) in [6, 6.07) is 0. The number of carbonyl (C=O) groups is 1. The van der Waals surface area contributed by atoms with Crippen molar-refractivity contribution < 1.29 is 14.4 Å². The Morgan fingerprint density at radius 1 is 1.39 bits per heavy atom. The highest BCUT2D eigenvalue weighted by atomic mass is 16.5. The van der Waals surface area contributed by atoms with Crippen LogP contribution in [0.3, 0.4) is 0 Å². The van der Waals surface area contributed by atoms with Gasteiger partial charge in [0, 0.05) is 19.5 Å². The van der Waals surface area contributed by atoms with Gasteiger partial charge in [0.15, 0.2) is 5.82 Å². The van der Waals surface area contributed by atoms with E-state index in [2.05, 4.69) is 10.1 Å². The van der Waals surface area contributed by atoms with Gasteiger partial charge in [-0.05, 0) is 51.4 Å². The number of rotatable bonds is 4. The molecule has 1 aliphatic heterocycles. The lowest BCUT2D eigenvalue weighted by Gasteiger charge is -2.36. The fourth-order valence-electron chi connectivity index (χ4n) is 4.66. The summed E-state index contributed by atoms with van der Waals surface area (Å²) in [6.07, 6.45) is 7.11. The zero-order valence-corrected chi connectivity index (χ0v) is 13.8. The summed E-state index contributed by atoms with van der Waals surface area (Å²) in [7, 11) is 0. The first-order chi connectivity index (χ1) is 11.0. The minimum Gasteiger partial charge on any atom is -0.390 e. The van der Waals surface area contributed by atoms with Gasteiger partial charge in [-0.2, -0.15) is 4.98 Å². The molecule has 6 nitrogen and oxygen atoms in total. The van der Waals surface area contributed by atoms with Crippen LogP contribution >= 0.6 is 0 Å². The van der Waals surface area contributed by atoms with Gasteiger partial charge in [0.2, 0.25) is 11.8 Å². The number of aromatic nitrogens is 2. The summed E-state index contributed by atoms with van der Waals surface area (Å²) in [5.74, 6) is 1.97. The largest absolute Gasteiger partial charge is 0.390 e. The average molecular weight is 319 g/mol. The Kier molecular flexibility index (Phi) is 3.48. The number of carbonyl (C=O) groups excluding carboxylic acids is 1. The van der Waals surface area contributed by atoms with Crippen LogP contribution in [-0.2, 0) is 10.2 Å². The first-order valence-corrected chi connectivity index (χ1v) is 8.82. The van der Waals surface area contributed by atoms with Crippen LogP contribution in [0.2, 0.25) is 0 Å². The van der Waals surface area contributed by atoms with E-state index in [0.29, 0.717) is 37.0 Å². The number of fused-ring (bicyclic) bond motifs is 1. The molecule has 3 aliphatic rings. The van der Waals surface area contributed by atoms with Crippen LogP contribution < -0.4 is 0 Å². The number of aliphatic hydroxyl groups is 1. The minimum atomic E-state index is -0.577. The van der Waals surface area contributed by atoms with Crippen LogP contribution in [0.4, 0.5) is 0 Å². The molecule has 1 saturated heterocycles. The van der Waals surface area contributed by atoms with Crippen molar-refractivity contribution in [2.45, 2.75) is 69.3 Å². The summed E-state index contributed by atoms with van der Waals surface area (Å²) >= 11 is 0. The Morgan fingerprint density at radius 2 is 2.22 bits per heavy atom. The molecule has 0 aromatic carbocycles. The van der Waals surface area contributed by atoms with E-state index >= 15 is 0 Å². The van der Waals surface area contributed by atoms with E-state index in [1.54, 1.807) is 0 Å². The highest BCUT2D eigenvalue weighted by Crippen LogP contribution is 2.50. The molecule has 0 bridgehead atoms. The minimum absolute atomic E-state index is 0.135. The number of amides is 1. The predicted octanol–water partition coefficient (Wildman–Crippen LogP) is 1.95. The average Bonchev–Trinajstić information content (AvgIpc) is 3.15. The SMILES string of the molecule is Cc1noc([C@]23CCC[C@H]2CN(C(=O)CCC2(O)CCC2)C3)n1. The van der Waals surface area contributed by atoms with Crippen molar-refractivity contribution in [2.75, 3.05) is 13.1 Å². The van der Waals surface area contributed by atoms with Gasteiger partial charge in [0.1, 0.15) is 0 Å². The Bertz CT molecular complexity index is 610. The lowest BCUT2D eigenvalue weighted by molar-refractivity contribution is -0.133. The zero-order valence-electron chi connectivity index (χ0n) is 13.8. The number of hydrogen-bond acceptors (Lipinski definition) is 5. The predicted molar refractivity (Wildman–Crippen MR) is 82.7 cm³/mol. The molecule has 126 valence electrons. The summed E-state index contributed by atoms with van der Waals surface area (Å²) in [5.41, 5.74) is -0.711. The molecular weight excluding hydrogens is 294 g/mol. The van der Waals surface area contributed by atoms with Gasteiger partial charge in [0.05, 0.1) is 11.0 Å². The second-order valence-corrected chi connectivity index (χ2v) is 7.74. The lowest BCUT2D eigenvalue weighted by Crippen LogP contribution is -2.39. The fourth-order valence-corrected chi connectivity index (χ4v) is 4.66. The zero-order chi connectivity index (χ0) is 16.1. The van der Waals surface area contributed by atoms with E-state index in [1.165, 1.54) is 0 Å². The Hall–Kier alpha value is -1.43. The number of aryl methyl sites for hydroxylation is 1. The molecular formula is C17H25N3O3. The molecule has 1 amide bonds. The van der Waals surface area contributed by atoms with Crippen LogP contribution in [0.5, 0.6) is 0 Å². The van der Waals surface area contributed by atoms with Crippen molar-refractivity contribution in [1.29, 1.82) is 0 Å². The van der Waals surface area contributed by atoms with Crippen molar-refractivity contribution >= 4 is 5.91 Å². The van der Waals surface area contributed by atoms with Crippen LogP contribution in [0.15, 0.2) is 4.52 Å². The monoisotopic (exact) mass is 319 g/mol. The smallest absolute Gasteiger partial charge is 0.234 e. The molecule has 6 heteroatoms. The maximum atomic E-state index is 12.6. The topological polar surface area (TPSA) is 79.5 Å². The summed E-state index contributed by atoms with van der Waals surface area (Å²) in [4.78, 5) is 19.0. The molecule has 0 spiro atoms. The Morgan fingerprint density at radius 3 is 2.87 bits per heavy atom. The van der Waals surface area contributed by atoms with Gasteiger partial charge in [-0.15, -0.1) is 0 Å². The van der Waals surface area contributed by atoms with Gasteiger partial charge >= 0.3 is 0 Å². The maximum absolute atomic E-state index is 12.6. The van der Waals surface area contributed by atoms with Crippen molar-refractivity contribution in [1.82, 2.24) is 15.0 Å². The van der Waals surface area contributed by atoms with Crippen molar-refractivity contribution in [3.8, 4) is 0 Å². The number of hydrogen-bond donors (Lipinski definition) is 1. The van der Waals surface area contributed by atoms with Crippen molar-refractivity contribution in [2.24, 2.45) is 5.92 Å². The quantitative estimate of drug-likeness (QED) is 0.917. The molecule has 2 atom stereocenters. The summed E-state index contributed by atoms with van der Waals surface area (Å²) in [6.45, 7) is 3.32. The van der Waals surface area contributed by atoms with E-state index in [0.717, 1.165) is 45.1 Å². The molecule has 0 unspecified atom stereocenters. The first-order valence-electron chi connectivity index (χ1n) is 8.82. The van der Waals surface area contributed by atoms with E-state index in [1.807, 2.05) is 11.8 Å². The highest BCUT2D eigenvalue weighted by molar-refractivity contribution is 5.77. The first kappa shape index (κ1) is 15.1. The highest BCUT2D eigenvalue weighted by Gasteiger charge is 2.55. The third kappa shape index (κ3) is 2.47. The molecule has 2 aliphatic carbocycles. The van der Waals surface area contributed by atoms with E-state index < -0.39 is 5.60 Å². The second-order valence-electron chi connectivity index (χ2n) is 7.74. The van der Waals surface area contributed by atoms with Gasteiger partial charge in [-0.25, -0.2) is 0 Å². The van der Waals surface area contributed by atoms with E-state index in [-0.39, 0.29) is 11.3 Å². The van der Waals surface area contributed by atoms with Crippen LogP contribution in [0, 0.1) is 12.8 Å². The molecule has 2 saturated carbocycles. The normalized spacial score (nSPS) is 31.9. The second kappa shape index (κ2) is 5.30. The molecule has 2 heterocycles. The van der Waals surface area contributed by atoms with Crippen LogP contribution in [0.1, 0.15) is 63.1 Å². The molecule has 0 radical (unpaired) electrons. The molecule has 23 heavy (non-hydrogen) atoms. The fraction of sp³-hybridized carbons (Fsp3) is 0.824. The van der Waals surface area contributed by atoms with Crippen molar-refractivity contribution in [3.05, 3.63) is 11.7 Å². The van der Waals surface area contributed by atoms with E-state index in [4.69, 9.17) is 4.52 Å². The Balaban J connectivity index is 1.45. The molecule has 1 N–H and O–H groups in total. The van der Waals surface area contributed by atoms with Gasteiger partial charge in [0.25, 0.3) is 0 Å². The molecule has 4 rings (SSSR count). The lowest BCUT2D eigenvalue weighted by atomic mass is 9.77. The van der Waals surface area contributed by atoms with E-state index in [9.17, 15) is 9.90 Å². The number of nitrogens with zero attached hydrogens (tertiary/aromatic N) is 3. The molecule has 1 aromatic heterocycles. The van der Waals surface area contributed by atoms with Gasteiger partial charge in [-0.1, -0.05) is 11.6 Å². The van der Waals surface area contributed by atoms with Crippen molar-refractivity contribution in [3.63, 3.8) is 0 Å². The molecule has 3 fully saturated rings. The van der Waals surface area contributed by atoms with Crippen LogP contribution in [0.25, 0.3) is 0 Å². The molecule has 1 aromatic rings. The summed E-state index contributed by atoms with van der Waals surface area (Å²) < 4.78 is 5.48. The maximum Gasteiger partial charge on any atom is 0.234 e. The number of likely N-dealkylation sites (tertiary alicyclic amines) is 1. The standard InChI is InChI=1S/C17H25N3O3/c1-12-18-15(23-19-12)17-8-2-4-13(17)10-20(11-17)14(21)5-9-16(22)6-3-7-16/h13,22H,2-11H2,1H3/t13-,17-/m0/s1. The third-order valence-corrected chi connectivity index (χ3v) is 6.27. The summed E-state index contributed by atoms with van der Waals surface area (Å²) in [5, 5.41) is 14.1. The third-order valence-electron chi connectivity index (χ3n) is 6.27. The van der Waals surface area contributed by atoms with Gasteiger partial charge < -0.3 is 14.5 Å². The van der Waals surface area contributed by atoms with Gasteiger partial charge in [-0.3, -0.25) is 4.79 Å². The Labute approximate surface area is 136 Å². The van der Waals surface area contributed by atoms with Crippen LogP contribution in [-0.4, -0.2) is 44.7 Å².